The average Bonchev–Trinajstić information content (AvgIpc) is 3.18. The molecular weight excluding hydrogens is 320 g/mol. The molecule has 3 nitrogen and oxygen atoms in total. The number of hydrogen-bond donors (Lipinski definition) is 1. The lowest BCUT2D eigenvalue weighted by atomic mass is 10.2. The summed E-state index contributed by atoms with van der Waals surface area (Å²) in [6, 6.07) is 4.28. The molecule has 0 aromatic heterocycles. The topological polar surface area (TPSA) is 30.5 Å². The monoisotopic (exact) mass is 335 g/mol. The van der Waals surface area contributed by atoms with Gasteiger partial charge in [0, 0.05) is 12.6 Å². The molecule has 1 aliphatic rings. The van der Waals surface area contributed by atoms with Gasteiger partial charge in [-0.3, -0.25) is 0 Å². The molecule has 0 bridgehead atoms. The molecule has 1 N–H and O–H groups in total. The summed E-state index contributed by atoms with van der Waals surface area (Å²) in [5.74, 6) is 0.778. The van der Waals surface area contributed by atoms with Crippen molar-refractivity contribution >= 4 is 15.9 Å². The van der Waals surface area contributed by atoms with E-state index in [1.165, 1.54) is 20.0 Å². The van der Waals surface area contributed by atoms with E-state index in [-0.39, 0.29) is 0 Å². The number of nitrogens with one attached hydrogen (secondary N) is 1. The van der Waals surface area contributed by atoms with Crippen LogP contribution in [-0.4, -0.2) is 26.2 Å². The maximum atomic E-state index is 12.2. The van der Waals surface area contributed by atoms with E-state index >= 15 is 0 Å². The Kier molecular flexibility index (Phi) is 4.99. The van der Waals surface area contributed by atoms with Crippen molar-refractivity contribution < 1.29 is 18.3 Å². The lowest BCUT2D eigenvalue weighted by Crippen LogP contribution is -2.15. The van der Waals surface area contributed by atoms with Crippen molar-refractivity contribution in [2.75, 3.05) is 13.7 Å². The molecular formula is C13H16BrF2NO2. The summed E-state index contributed by atoms with van der Waals surface area (Å²) in [6.07, 6.45) is -0.0743. The molecule has 0 aliphatic heterocycles. The van der Waals surface area contributed by atoms with Crippen molar-refractivity contribution in [3.8, 4) is 11.5 Å². The average molecular weight is 336 g/mol. The Morgan fingerprint density at radius 3 is 2.74 bits per heavy atom. The summed E-state index contributed by atoms with van der Waals surface area (Å²) < 4.78 is 35.3. The maximum Gasteiger partial charge on any atom is 0.272 e. The normalized spacial score (nSPS) is 14.8. The number of rotatable bonds is 7. The van der Waals surface area contributed by atoms with Gasteiger partial charge in [0.15, 0.2) is 11.5 Å². The molecule has 1 aliphatic carbocycles. The molecule has 0 saturated heterocycles. The molecule has 0 atom stereocenters. The molecule has 19 heavy (non-hydrogen) atoms. The van der Waals surface area contributed by atoms with Crippen LogP contribution in [0.3, 0.4) is 0 Å². The van der Waals surface area contributed by atoms with Crippen LogP contribution in [0.15, 0.2) is 16.6 Å². The van der Waals surface area contributed by atoms with Gasteiger partial charge in [0.2, 0.25) is 0 Å². The Balaban J connectivity index is 2.08. The van der Waals surface area contributed by atoms with Crippen LogP contribution in [0.1, 0.15) is 18.4 Å². The summed E-state index contributed by atoms with van der Waals surface area (Å²) in [4.78, 5) is 0. The van der Waals surface area contributed by atoms with Crippen LogP contribution in [0.2, 0.25) is 0 Å². The van der Waals surface area contributed by atoms with Gasteiger partial charge in [-0.1, -0.05) is 0 Å². The van der Waals surface area contributed by atoms with Gasteiger partial charge < -0.3 is 14.8 Å². The van der Waals surface area contributed by atoms with Gasteiger partial charge in [-0.2, -0.15) is 0 Å². The van der Waals surface area contributed by atoms with E-state index in [0.29, 0.717) is 22.0 Å². The Morgan fingerprint density at radius 1 is 1.42 bits per heavy atom. The fourth-order valence-electron chi connectivity index (χ4n) is 1.71. The zero-order valence-corrected chi connectivity index (χ0v) is 12.2. The van der Waals surface area contributed by atoms with Crippen LogP contribution in [-0.2, 0) is 6.54 Å². The predicted molar refractivity (Wildman–Crippen MR) is 72.1 cm³/mol. The molecule has 106 valence electrons. The minimum atomic E-state index is -2.51. The smallest absolute Gasteiger partial charge is 0.272 e. The molecule has 1 aromatic rings. The van der Waals surface area contributed by atoms with Crippen LogP contribution in [0.4, 0.5) is 8.78 Å². The highest BCUT2D eigenvalue weighted by atomic mass is 79.9. The molecule has 0 amide bonds. The number of benzene rings is 1. The standard InChI is InChI=1S/C13H16BrF2NO2/c1-18-11-5-8(6-17-9-2-3-9)4-10(14)13(11)19-7-12(15)16/h4-5,9,12,17H,2-3,6-7H2,1H3. The van der Waals surface area contributed by atoms with Gasteiger partial charge in [0.1, 0.15) is 6.61 Å². The third kappa shape index (κ3) is 4.31. The Bertz CT molecular complexity index is 439. The van der Waals surface area contributed by atoms with E-state index in [4.69, 9.17) is 9.47 Å². The number of halogens is 3. The lowest BCUT2D eigenvalue weighted by Gasteiger charge is -2.14. The largest absolute Gasteiger partial charge is 0.493 e. The van der Waals surface area contributed by atoms with Crippen molar-refractivity contribution in [1.82, 2.24) is 5.32 Å². The summed E-state index contributed by atoms with van der Waals surface area (Å²) >= 11 is 3.33. The van der Waals surface area contributed by atoms with E-state index in [1.807, 2.05) is 6.07 Å². The molecule has 2 rings (SSSR count). The number of alkyl halides is 2. The van der Waals surface area contributed by atoms with Crippen molar-refractivity contribution in [3.63, 3.8) is 0 Å². The first-order valence-corrected chi connectivity index (χ1v) is 6.90. The second kappa shape index (κ2) is 6.52. The van der Waals surface area contributed by atoms with Gasteiger partial charge >= 0.3 is 0 Å². The van der Waals surface area contributed by atoms with Crippen LogP contribution in [0.25, 0.3) is 0 Å². The molecule has 1 fully saturated rings. The van der Waals surface area contributed by atoms with Gasteiger partial charge in [-0.15, -0.1) is 0 Å². The van der Waals surface area contributed by atoms with Gasteiger partial charge in [0.05, 0.1) is 11.6 Å². The lowest BCUT2D eigenvalue weighted by molar-refractivity contribution is 0.0800. The molecule has 0 radical (unpaired) electrons. The second-order valence-corrected chi connectivity index (χ2v) is 5.32. The van der Waals surface area contributed by atoms with E-state index in [2.05, 4.69) is 21.2 Å². The van der Waals surface area contributed by atoms with E-state index in [1.54, 1.807) is 6.07 Å². The first-order chi connectivity index (χ1) is 9.10. The Labute approximate surface area is 119 Å². The fourth-order valence-corrected chi connectivity index (χ4v) is 2.32. The Hall–Kier alpha value is -0.880. The van der Waals surface area contributed by atoms with Gasteiger partial charge in [-0.05, 0) is 46.5 Å². The Morgan fingerprint density at radius 2 is 2.16 bits per heavy atom. The molecule has 0 heterocycles. The third-order valence-corrected chi connectivity index (χ3v) is 3.40. The SMILES string of the molecule is COc1cc(CNC2CC2)cc(Br)c1OCC(F)F. The predicted octanol–water partition coefficient (Wildman–Crippen LogP) is 3.35. The fraction of sp³-hybridized carbons (Fsp3) is 0.538. The van der Waals surface area contributed by atoms with Crippen LogP contribution in [0.5, 0.6) is 11.5 Å². The van der Waals surface area contributed by atoms with Crippen LogP contribution >= 0.6 is 15.9 Å². The summed E-state index contributed by atoms with van der Waals surface area (Å²) in [6.45, 7) is 0.0867. The van der Waals surface area contributed by atoms with Crippen molar-refractivity contribution in [3.05, 3.63) is 22.2 Å². The van der Waals surface area contributed by atoms with E-state index in [0.717, 1.165) is 12.1 Å². The highest BCUT2D eigenvalue weighted by Crippen LogP contribution is 2.37. The first kappa shape index (κ1) is 14.5. The van der Waals surface area contributed by atoms with Crippen molar-refractivity contribution in [1.29, 1.82) is 0 Å². The highest BCUT2D eigenvalue weighted by molar-refractivity contribution is 9.10. The van der Waals surface area contributed by atoms with Crippen LogP contribution < -0.4 is 14.8 Å². The number of methoxy groups -OCH3 is 1. The highest BCUT2D eigenvalue weighted by Gasteiger charge is 2.20. The minimum absolute atomic E-state index is 0.318. The second-order valence-electron chi connectivity index (χ2n) is 4.47. The third-order valence-electron chi connectivity index (χ3n) is 2.82. The van der Waals surface area contributed by atoms with E-state index < -0.39 is 13.0 Å². The first-order valence-electron chi connectivity index (χ1n) is 6.11. The molecule has 0 unspecified atom stereocenters. The molecule has 1 aromatic carbocycles. The summed E-state index contributed by atoms with van der Waals surface area (Å²) in [7, 11) is 1.50. The van der Waals surface area contributed by atoms with Gasteiger partial charge in [0.25, 0.3) is 6.43 Å². The summed E-state index contributed by atoms with van der Waals surface area (Å²) in [5.41, 5.74) is 1.03. The zero-order chi connectivity index (χ0) is 13.8. The number of hydrogen-bond acceptors (Lipinski definition) is 3. The molecule has 6 heteroatoms. The zero-order valence-electron chi connectivity index (χ0n) is 10.6. The van der Waals surface area contributed by atoms with Crippen molar-refractivity contribution in [2.45, 2.75) is 31.9 Å². The minimum Gasteiger partial charge on any atom is -0.493 e. The van der Waals surface area contributed by atoms with E-state index in [9.17, 15) is 8.78 Å². The number of ether oxygens (including phenoxy) is 2. The molecule has 1 saturated carbocycles. The van der Waals surface area contributed by atoms with Crippen LogP contribution in [0, 0.1) is 0 Å². The summed E-state index contributed by atoms with van der Waals surface area (Å²) in [5, 5.41) is 3.38. The van der Waals surface area contributed by atoms with Gasteiger partial charge in [-0.25, -0.2) is 8.78 Å². The van der Waals surface area contributed by atoms with Crippen molar-refractivity contribution in [2.24, 2.45) is 0 Å². The maximum absolute atomic E-state index is 12.2. The quantitative estimate of drug-likeness (QED) is 0.828. The molecule has 0 spiro atoms.